The lowest BCUT2D eigenvalue weighted by Crippen LogP contribution is -2.22. The van der Waals surface area contributed by atoms with Crippen molar-refractivity contribution in [1.29, 1.82) is 0 Å². The van der Waals surface area contributed by atoms with Gasteiger partial charge in [-0.2, -0.15) is 5.10 Å². The number of pyridine rings is 1. The Bertz CT molecular complexity index is 950. The number of benzene rings is 1. The smallest absolute Gasteiger partial charge is 0.251 e. The average Bonchev–Trinajstić information content (AvgIpc) is 3.07. The van der Waals surface area contributed by atoms with Gasteiger partial charge >= 0.3 is 0 Å². The van der Waals surface area contributed by atoms with Crippen LogP contribution in [0.2, 0.25) is 0 Å². The standard InChI is InChI=1S/C20H21N5O2/c1-3-19(26)23-18-13-25(24-14(18)2)17-6-4-5-16(11-17)20(27)22-12-15-7-9-21-10-8-15/h4-11,13H,3,12H2,1-2H3,(H,22,27)(H,23,26). The third kappa shape index (κ3) is 4.58. The molecule has 0 unspecified atom stereocenters. The predicted molar refractivity (Wildman–Crippen MR) is 103 cm³/mol. The van der Waals surface area contributed by atoms with Crippen molar-refractivity contribution in [3.63, 3.8) is 0 Å². The fourth-order valence-corrected chi connectivity index (χ4v) is 2.53. The number of hydrogen-bond donors (Lipinski definition) is 2. The molecule has 0 aliphatic heterocycles. The van der Waals surface area contributed by atoms with Gasteiger partial charge in [-0.1, -0.05) is 13.0 Å². The molecule has 0 aliphatic carbocycles. The molecule has 27 heavy (non-hydrogen) atoms. The van der Waals surface area contributed by atoms with Gasteiger partial charge in [0.25, 0.3) is 5.91 Å². The molecule has 0 spiro atoms. The van der Waals surface area contributed by atoms with Crippen molar-refractivity contribution in [2.75, 3.05) is 5.32 Å². The highest BCUT2D eigenvalue weighted by Gasteiger charge is 2.11. The van der Waals surface area contributed by atoms with Crippen LogP contribution in [0.3, 0.4) is 0 Å². The number of nitrogens with zero attached hydrogens (tertiary/aromatic N) is 3. The zero-order valence-corrected chi connectivity index (χ0v) is 15.3. The molecule has 3 aromatic rings. The summed E-state index contributed by atoms with van der Waals surface area (Å²) >= 11 is 0. The molecule has 7 heteroatoms. The van der Waals surface area contributed by atoms with E-state index in [1.165, 1.54) is 0 Å². The van der Waals surface area contributed by atoms with Gasteiger partial charge in [0.2, 0.25) is 5.91 Å². The summed E-state index contributed by atoms with van der Waals surface area (Å²) < 4.78 is 1.65. The van der Waals surface area contributed by atoms with Crippen molar-refractivity contribution in [2.24, 2.45) is 0 Å². The first-order chi connectivity index (χ1) is 13.1. The minimum atomic E-state index is -0.169. The van der Waals surface area contributed by atoms with Gasteiger partial charge in [-0.15, -0.1) is 0 Å². The van der Waals surface area contributed by atoms with Crippen LogP contribution < -0.4 is 10.6 Å². The Kier molecular flexibility index (Phi) is 5.61. The van der Waals surface area contributed by atoms with Crippen LogP contribution in [0.4, 0.5) is 5.69 Å². The molecule has 3 rings (SSSR count). The van der Waals surface area contributed by atoms with E-state index < -0.39 is 0 Å². The van der Waals surface area contributed by atoms with E-state index in [9.17, 15) is 9.59 Å². The summed E-state index contributed by atoms with van der Waals surface area (Å²) in [5.41, 5.74) is 3.63. The van der Waals surface area contributed by atoms with Crippen molar-refractivity contribution >= 4 is 17.5 Å². The molecule has 0 fully saturated rings. The minimum absolute atomic E-state index is 0.0677. The maximum Gasteiger partial charge on any atom is 0.251 e. The van der Waals surface area contributed by atoms with E-state index in [1.54, 1.807) is 48.4 Å². The molecule has 0 saturated heterocycles. The molecule has 1 aromatic carbocycles. The molecule has 0 bridgehead atoms. The monoisotopic (exact) mass is 363 g/mol. The number of aryl methyl sites for hydroxylation is 1. The lowest BCUT2D eigenvalue weighted by Gasteiger charge is -2.07. The van der Waals surface area contributed by atoms with Crippen LogP contribution in [0, 0.1) is 6.92 Å². The van der Waals surface area contributed by atoms with Crippen LogP contribution in [-0.4, -0.2) is 26.6 Å². The van der Waals surface area contributed by atoms with E-state index in [1.807, 2.05) is 25.1 Å². The highest BCUT2D eigenvalue weighted by atomic mass is 16.2. The van der Waals surface area contributed by atoms with E-state index >= 15 is 0 Å². The summed E-state index contributed by atoms with van der Waals surface area (Å²) in [5.74, 6) is -0.237. The van der Waals surface area contributed by atoms with Crippen LogP contribution in [0.15, 0.2) is 55.0 Å². The number of rotatable bonds is 6. The molecule has 7 nitrogen and oxygen atoms in total. The Morgan fingerprint density at radius 1 is 1.15 bits per heavy atom. The lowest BCUT2D eigenvalue weighted by molar-refractivity contribution is -0.115. The Morgan fingerprint density at radius 3 is 2.67 bits per heavy atom. The lowest BCUT2D eigenvalue weighted by atomic mass is 10.2. The normalized spacial score (nSPS) is 10.4. The second kappa shape index (κ2) is 8.27. The fraction of sp³-hybridized carbons (Fsp3) is 0.200. The number of carbonyl (C=O) groups excluding carboxylic acids is 2. The number of nitrogens with one attached hydrogen (secondary N) is 2. The SMILES string of the molecule is CCC(=O)Nc1cn(-c2cccc(C(=O)NCc3ccncc3)c2)nc1C. The first-order valence-corrected chi connectivity index (χ1v) is 8.70. The zero-order chi connectivity index (χ0) is 19.2. The largest absolute Gasteiger partial charge is 0.348 e. The van der Waals surface area contributed by atoms with Gasteiger partial charge in [-0.3, -0.25) is 14.6 Å². The van der Waals surface area contributed by atoms with Gasteiger partial charge in [0.15, 0.2) is 0 Å². The van der Waals surface area contributed by atoms with E-state index in [2.05, 4.69) is 20.7 Å². The maximum absolute atomic E-state index is 12.4. The third-order valence-electron chi connectivity index (χ3n) is 4.07. The number of carbonyl (C=O) groups is 2. The summed E-state index contributed by atoms with van der Waals surface area (Å²) in [7, 11) is 0. The quantitative estimate of drug-likeness (QED) is 0.705. The molecule has 2 amide bonds. The van der Waals surface area contributed by atoms with Crippen LogP contribution in [-0.2, 0) is 11.3 Å². The Labute approximate surface area is 157 Å². The topological polar surface area (TPSA) is 88.9 Å². The molecular formula is C20H21N5O2. The molecule has 0 atom stereocenters. The highest BCUT2D eigenvalue weighted by molar-refractivity contribution is 5.94. The molecule has 138 valence electrons. The Balaban J connectivity index is 1.74. The zero-order valence-electron chi connectivity index (χ0n) is 15.3. The van der Waals surface area contributed by atoms with Crippen LogP contribution in [0.25, 0.3) is 5.69 Å². The third-order valence-corrected chi connectivity index (χ3v) is 4.07. The van der Waals surface area contributed by atoms with Gasteiger partial charge in [0.05, 0.1) is 23.3 Å². The molecule has 2 aromatic heterocycles. The minimum Gasteiger partial charge on any atom is -0.348 e. The summed E-state index contributed by atoms with van der Waals surface area (Å²) in [5, 5.41) is 10.1. The van der Waals surface area contributed by atoms with Crippen molar-refractivity contribution in [3.05, 3.63) is 71.8 Å². The second-order valence-corrected chi connectivity index (χ2v) is 6.06. The van der Waals surface area contributed by atoms with Crippen LogP contribution in [0.1, 0.15) is 35.0 Å². The molecule has 0 saturated carbocycles. The second-order valence-electron chi connectivity index (χ2n) is 6.06. The summed E-state index contributed by atoms with van der Waals surface area (Å²) in [6.45, 7) is 4.05. The maximum atomic E-state index is 12.4. The van der Waals surface area contributed by atoms with E-state index in [-0.39, 0.29) is 11.8 Å². The van der Waals surface area contributed by atoms with Crippen molar-refractivity contribution in [2.45, 2.75) is 26.8 Å². The van der Waals surface area contributed by atoms with Crippen LogP contribution in [0.5, 0.6) is 0 Å². The fourth-order valence-electron chi connectivity index (χ4n) is 2.53. The van der Waals surface area contributed by atoms with Crippen LogP contribution >= 0.6 is 0 Å². The van der Waals surface area contributed by atoms with E-state index in [4.69, 9.17) is 0 Å². The number of hydrogen-bond acceptors (Lipinski definition) is 4. The van der Waals surface area contributed by atoms with E-state index in [0.717, 1.165) is 11.3 Å². The Hall–Kier alpha value is -3.48. The van der Waals surface area contributed by atoms with Crippen molar-refractivity contribution in [1.82, 2.24) is 20.1 Å². The van der Waals surface area contributed by atoms with Gasteiger partial charge in [-0.05, 0) is 42.8 Å². The summed E-state index contributed by atoms with van der Waals surface area (Å²) in [6, 6.07) is 10.9. The number of amides is 2. The molecule has 0 radical (unpaired) electrons. The number of aromatic nitrogens is 3. The van der Waals surface area contributed by atoms with Gasteiger partial charge < -0.3 is 10.6 Å². The van der Waals surface area contributed by atoms with Crippen molar-refractivity contribution < 1.29 is 9.59 Å². The molecule has 2 N–H and O–H groups in total. The predicted octanol–water partition coefficient (Wildman–Crippen LogP) is 2.85. The molecular weight excluding hydrogens is 342 g/mol. The van der Waals surface area contributed by atoms with E-state index in [0.29, 0.717) is 29.9 Å². The van der Waals surface area contributed by atoms with Gasteiger partial charge in [0, 0.05) is 30.9 Å². The van der Waals surface area contributed by atoms with Gasteiger partial charge in [0.1, 0.15) is 0 Å². The highest BCUT2D eigenvalue weighted by Crippen LogP contribution is 2.18. The van der Waals surface area contributed by atoms with Gasteiger partial charge in [-0.25, -0.2) is 4.68 Å². The first kappa shape index (κ1) is 18.3. The first-order valence-electron chi connectivity index (χ1n) is 8.70. The summed E-state index contributed by atoms with van der Waals surface area (Å²) in [6.07, 6.45) is 5.53. The Morgan fingerprint density at radius 2 is 1.93 bits per heavy atom. The summed E-state index contributed by atoms with van der Waals surface area (Å²) in [4.78, 5) is 28.0. The molecule has 2 heterocycles. The van der Waals surface area contributed by atoms with Crippen molar-refractivity contribution in [3.8, 4) is 5.69 Å². The average molecular weight is 363 g/mol. The number of anilines is 1. The molecule has 0 aliphatic rings.